The molecule has 0 aliphatic carbocycles. The van der Waals surface area contributed by atoms with Gasteiger partial charge in [0, 0.05) is 13.7 Å². The average molecular weight is 335 g/mol. The molecule has 0 saturated carbocycles. The summed E-state index contributed by atoms with van der Waals surface area (Å²) in [6.07, 6.45) is -3.16. The van der Waals surface area contributed by atoms with Gasteiger partial charge in [-0.2, -0.15) is 0 Å². The van der Waals surface area contributed by atoms with Crippen LogP contribution in [0.3, 0.4) is 0 Å². The van der Waals surface area contributed by atoms with Crippen LogP contribution in [0.5, 0.6) is 0 Å². The van der Waals surface area contributed by atoms with Crippen molar-refractivity contribution in [2.24, 2.45) is 0 Å². The van der Waals surface area contributed by atoms with Crippen LogP contribution < -0.4 is 5.32 Å². The Morgan fingerprint density at radius 1 is 1.17 bits per heavy atom. The summed E-state index contributed by atoms with van der Waals surface area (Å²) in [5.41, 5.74) is 0.856. The lowest BCUT2D eigenvalue weighted by molar-refractivity contribution is 0.00438. The van der Waals surface area contributed by atoms with Crippen molar-refractivity contribution in [2.75, 3.05) is 13.7 Å². The Morgan fingerprint density at radius 3 is 2.62 bits per heavy atom. The van der Waals surface area contributed by atoms with Gasteiger partial charge in [-0.1, -0.05) is 30.3 Å². The lowest BCUT2D eigenvalue weighted by atomic mass is 10.1. The van der Waals surface area contributed by atoms with Crippen molar-refractivity contribution in [1.82, 2.24) is 5.32 Å². The Labute approximate surface area is 139 Å². The molecule has 2 atom stereocenters. The number of benzene rings is 1. The fourth-order valence-electron chi connectivity index (χ4n) is 2.04. The van der Waals surface area contributed by atoms with E-state index in [-0.39, 0.29) is 25.5 Å². The first kappa shape index (κ1) is 18.0. The zero-order valence-electron chi connectivity index (χ0n) is 13.3. The fourth-order valence-corrected chi connectivity index (χ4v) is 2.04. The van der Waals surface area contributed by atoms with E-state index in [9.17, 15) is 15.0 Å². The molecule has 0 bridgehead atoms. The molecule has 0 aliphatic heterocycles. The summed E-state index contributed by atoms with van der Waals surface area (Å²) in [6, 6.07) is 12.4. The van der Waals surface area contributed by atoms with Crippen LogP contribution in [-0.4, -0.2) is 36.1 Å². The van der Waals surface area contributed by atoms with Crippen LogP contribution in [0.2, 0.25) is 0 Å². The highest BCUT2D eigenvalue weighted by atomic mass is 16.5. The maximum Gasteiger partial charge on any atom is 0.407 e. The molecule has 0 aliphatic rings. The van der Waals surface area contributed by atoms with Crippen LogP contribution in [0.15, 0.2) is 46.9 Å². The van der Waals surface area contributed by atoms with Crippen molar-refractivity contribution in [2.45, 2.75) is 25.4 Å². The second kappa shape index (κ2) is 9.07. The van der Waals surface area contributed by atoms with Gasteiger partial charge in [0.1, 0.15) is 36.9 Å². The van der Waals surface area contributed by atoms with E-state index in [0.29, 0.717) is 5.76 Å². The minimum absolute atomic E-state index is 0.129. The monoisotopic (exact) mass is 335 g/mol. The molecular formula is C17H21NO6. The van der Waals surface area contributed by atoms with E-state index in [2.05, 4.69) is 5.32 Å². The first-order valence-electron chi connectivity index (χ1n) is 7.48. The summed E-state index contributed by atoms with van der Waals surface area (Å²) in [7, 11) is 1.53. The minimum Gasteiger partial charge on any atom is -0.461 e. The van der Waals surface area contributed by atoms with Crippen LogP contribution in [0.4, 0.5) is 4.79 Å². The molecule has 2 unspecified atom stereocenters. The number of nitrogens with one attached hydrogen (secondary N) is 1. The highest BCUT2D eigenvalue weighted by Crippen LogP contribution is 2.20. The van der Waals surface area contributed by atoms with E-state index in [1.807, 2.05) is 30.3 Å². The highest BCUT2D eigenvalue weighted by molar-refractivity contribution is 5.67. The van der Waals surface area contributed by atoms with Gasteiger partial charge >= 0.3 is 6.09 Å². The van der Waals surface area contributed by atoms with Gasteiger partial charge in [-0.25, -0.2) is 4.79 Å². The summed E-state index contributed by atoms with van der Waals surface area (Å²) in [6.45, 7) is 0.228. The molecule has 1 heterocycles. The number of aliphatic hydroxyl groups is 2. The molecular weight excluding hydrogens is 314 g/mol. The first-order valence-corrected chi connectivity index (χ1v) is 7.48. The average Bonchev–Trinajstić information content (AvgIpc) is 3.07. The van der Waals surface area contributed by atoms with Crippen LogP contribution in [0, 0.1) is 0 Å². The van der Waals surface area contributed by atoms with Gasteiger partial charge in [0.05, 0.1) is 0 Å². The number of amides is 1. The van der Waals surface area contributed by atoms with Gasteiger partial charge in [-0.3, -0.25) is 0 Å². The van der Waals surface area contributed by atoms with Crippen LogP contribution >= 0.6 is 0 Å². The smallest absolute Gasteiger partial charge is 0.407 e. The number of furan rings is 1. The van der Waals surface area contributed by atoms with E-state index in [1.165, 1.54) is 7.11 Å². The molecule has 1 aromatic carbocycles. The van der Waals surface area contributed by atoms with E-state index >= 15 is 0 Å². The van der Waals surface area contributed by atoms with Gasteiger partial charge < -0.3 is 29.4 Å². The first-order chi connectivity index (χ1) is 11.6. The molecule has 2 rings (SSSR count). The van der Waals surface area contributed by atoms with Crippen molar-refractivity contribution in [3.05, 3.63) is 59.5 Å². The van der Waals surface area contributed by atoms with Crippen LogP contribution in [-0.2, 0) is 22.7 Å². The number of alkyl carbamates (subject to hydrolysis) is 1. The van der Waals surface area contributed by atoms with Gasteiger partial charge in [-0.15, -0.1) is 0 Å². The molecule has 130 valence electrons. The number of ether oxygens (including phenoxy) is 2. The van der Waals surface area contributed by atoms with E-state index in [0.717, 1.165) is 5.56 Å². The third kappa shape index (κ3) is 5.38. The molecule has 1 aromatic heterocycles. The quantitative estimate of drug-likeness (QED) is 0.679. The Morgan fingerprint density at radius 2 is 1.92 bits per heavy atom. The molecule has 0 fully saturated rings. The van der Waals surface area contributed by atoms with E-state index < -0.39 is 18.3 Å². The molecule has 0 spiro atoms. The molecule has 3 N–H and O–H groups in total. The van der Waals surface area contributed by atoms with E-state index in [1.54, 1.807) is 12.1 Å². The van der Waals surface area contributed by atoms with Crippen molar-refractivity contribution in [3.63, 3.8) is 0 Å². The summed E-state index contributed by atoms with van der Waals surface area (Å²) < 4.78 is 15.3. The number of carbonyl (C=O) groups is 1. The van der Waals surface area contributed by atoms with Gasteiger partial charge in [-0.05, 0) is 17.7 Å². The van der Waals surface area contributed by atoms with Crippen LogP contribution in [0.25, 0.3) is 0 Å². The van der Waals surface area contributed by atoms with Gasteiger partial charge in [0.15, 0.2) is 0 Å². The summed E-state index contributed by atoms with van der Waals surface area (Å²) in [4.78, 5) is 11.6. The molecule has 1 amide bonds. The summed E-state index contributed by atoms with van der Waals surface area (Å²) in [5, 5.41) is 22.3. The maximum absolute atomic E-state index is 11.6. The molecule has 7 nitrogen and oxygen atoms in total. The normalized spacial score (nSPS) is 13.3. The van der Waals surface area contributed by atoms with Crippen molar-refractivity contribution in [3.8, 4) is 0 Å². The standard InChI is InChI=1S/C17H21NO6/c1-22-11-13-7-8-15(24-13)16(20)14(19)9-18-17(21)23-10-12-5-3-2-4-6-12/h2-8,14,16,19-20H,9-11H2,1H3,(H,18,21). The van der Waals surface area contributed by atoms with E-state index in [4.69, 9.17) is 13.9 Å². The number of aliphatic hydroxyl groups excluding tert-OH is 2. The lowest BCUT2D eigenvalue weighted by Crippen LogP contribution is -2.35. The largest absolute Gasteiger partial charge is 0.461 e. The number of carbonyl (C=O) groups excluding carboxylic acids is 1. The predicted molar refractivity (Wildman–Crippen MR) is 85.0 cm³/mol. The van der Waals surface area contributed by atoms with Crippen molar-refractivity contribution in [1.29, 1.82) is 0 Å². The number of hydrogen-bond donors (Lipinski definition) is 3. The minimum atomic E-state index is -1.26. The second-order valence-corrected chi connectivity index (χ2v) is 5.19. The lowest BCUT2D eigenvalue weighted by Gasteiger charge is -2.16. The number of hydrogen-bond acceptors (Lipinski definition) is 6. The Kier molecular flexibility index (Phi) is 6.80. The Bertz CT molecular complexity index is 627. The molecule has 24 heavy (non-hydrogen) atoms. The Balaban J connectivity index is 1.74. The maximum atomic E-state index is 11.6. The predicted octanol–water partition coefficient (Wildman–Crippen LogP) is 1.75. The molecule has 7 heteroatoms. The number of methoxy groups -OCH3 is 1. The fraction of sp³-hybridized carbons (Fsp3) is 0.353. The molecule has 0 radical (unpaired) electrons. The summed E-state index contributed by atoms with van der Waals surface area (Å²) in [5.74, 6) is 0.739. The SMILES string of the molecule is COCc1ccc(C(O)C(O)CNC(=O)OCc2ccccc2)o1. The topological polar surface area (TPSA) is 101 Å². The van der Waals surface area contributed by atoms with Crippen molar-refractivity contribution >= 4 is 6.09 Å². The van der Waals surface area contributed by atoms with Crippen LogP contribution in [0.1, 0.15) is 23.2 Å². The van der Waals surface area contributed by atoms with Crippen molar-refractivity contribution < 1.29 is 28.9 Å². The molecule has 2 aromatic rings. The zero-order valence-corrected chi connectivity index (χ0v) is 13.3. The van der Waals surface area contributed by atoms with Gasteiger partial charge in [0.2, 0.25) is 0 Å². The summed E-state index contributed by atoms with van der Waals surface area (Å²) >= 11 is 0. The number of rotatable bonds is 8. The second-order valence-electron chi connectivity index (χ2n) is 5.19. The Hall–Kier alpha value is -2.35. The highest BCUT2D eigenvalue weighted by Gasteiger charge is 2.22. The molecule has 0 saturated heterocycles. The third-order valence-electron chi connectivity index (χ3n) is 3.29. The van der Waals surface area contributed by atoms with Gasteiger partial charge in [0.25, 0.3) is 0 Å². The zero-order chi connectivity index (χ0) is 17.4. The third-order valence-corrected chi connectivity index (χ3v) is 3.29.